The Balaban J connectivity index is 1.45. The van der Waals surface area contributed by atoms with Gasteiger partial charge in [-0.25, -0.2) is 4.90 Å². The third-order valence-electron chi connectivity index (χ3n) is 7.69. The summed E-state index contributed by atoms with van der Waals surface area (Å²) >= 11 is 1.33. The van der Waals surface area contributed by atoms with Crippen molar-refractivity contribution in [3.8, 4) is 0 Å². The largest absolute Gasteiger partial charge is 0.300 e. The number of carbonyl (C=O) groups is 3. The first-order valence-corrected chi connectivity index (χ1v) is 14.0. The third-order valence-corrected chi connectivity index (χ3v) is 9.01. The van der Waals surface area contributed by atoms with Gasteiger partial charge in [-0.05, 0) is 47.0 Å². The molecular formula is C33H28N2O3S. The number of allylic oxidation sites excluding steroid dienone is 1. The molecular weight excluding hydrogens is 504 g/mol. The summed E-state index contributed by atoms with van der Waals surface area (Å²) in [6.45, 7) is 3.58. The quantitative estimate of drug-likeness (QED) is 0.269. The molecule has 5 nitrogen and oxygen atoms in total. The van der Waals surface area contributed by atoms with Crippen LogP contribution >= 0.6 is 11.8 Å². The summed E-state index contributed by atoms with van der Waals surface area (Å²) in [5.74, 6) is -1.47. The first-order chi connectivity index (χ1) is 19.0. The second kappa shape index (κ2) is 10.2. The summed E-state index contributed by atoms with van der Waals surface area (Å²) < 4.78 is 0. The van der Waals surface area contributed by atoms with Crippen molar-refractivity contribution >= 4 is 45.9 Å². The van der Waals surface area contributed by atoms with Gasteiger partial charge in [-0.15, -0.1) is 0 Å². The Hall–Kier alpha value is -4.16. The Morgan fingerprint density at radius 3 is 2.18 bits per heavy atom. The third kappa shape index (κ3) is 4.35. The molecule has 6 rings (SSSR count). The summed E-state index contributed by atoms with van der Waals surface area (Å²) in [5, 5.41) is 2.26. The fraction of sp³-hybridized carbons (Fsp3) is 0.182. The van der Waals surface area contributed by atoms with Crippen LogP contribution < -0.4 is 4.90 Å². The lowest BCUT2D eigenvalue weighted by molar-refractivity contribution is -0.128. The highest BCUT2D eigenvalue weighted by atomic mass is 32.2. The molecule has 0 N–H and O–H groups in total. The predicted molar refractivity (Wildman–Crippen MR) is 156 cm³/mol. The maximum Gasteiger partial charge on any atom is 0.248 e. The van der Waals surface area contributed by atoms with Crippen LogP contribution in [0.4, 0.5) is 5.69 Å². The second-order valence-corrected chi connectivity index (χ2v) is 11.1. The lowest BCUT2D eigenvalue weighted by Crippen LogP contribution is -2.36. The normalized spacial score (nSPS) is 21.4. The molecule has 0 bridgehead atoms. The molecule has 3 amide bonds. The summed E-state index contributed by atoms with van der Waals surface area (Å²) in [5.41, 5.74) is 2.55. The molecule has 4 aromatic rings. The fourth-order valence-electron chi connectivity index (χ4n) is 5.88. The van der Waals surface area contributed by atoms with Gasteiger partial charge < -0.3 is 0 Å². The van der Waals surface area contributed by atoms with Gasteiger partial charge in [-0.2, -0.15) is 0 Å². The van der Waals surface area contributed by atoms with E-state index >= 15 is 0 Å². The van der Waals surface area contributed by atoms with E-state index in [-0.39, 0.29) is 29.7 Å². The van der Waals surface area contributed by atoms with Crippen LogP contribution in [-0.4, -0.2) is 27.9 Å². The number of nitrogens with zero attached hydrogens (tertiary/aromatic N) is 2. The Labute approximate surface area is 232 Å². The van der Waals surface area contributed by atoms with Gasteiger partial charge in [0.2, 0.25) is 17.7 Å². The van der Waals surface area contributed by atoms with Crippen molar-refractivity contribution in [2.24, 2.45) is 5.92 Å². The number of para-hydroxylation sites is 1. The number of anilines is 1. The van der Waals surface area contributed by atoms with E-state index in [9.17, 15) is 14.4 Å². The van der Waals surface area contributed by atoms with Crippen molar-refractivity contribution in [3.63, 3.8) is 0 Å². The van der Waals surface area contributed by atoms with Crippen molar-refractivity contribution < 1.29 is 14.4 Å². The van der Waals surface area contributed by atoms with Crippen LogP contribution in [0, 0.1) is 5.92 Å². The summed E-state index contributed by atoms with van der Waals surface area (Å²) in [7, 11) is 0. The van der Waals surface area contributed by atoms with E-state index in [1.807, 2.05) is 79.7 Å². The molecule has 1 saturated heterocycles. The highest BCUT2D eigenvalue weighted by molar-refractivity contribution is 8.04. The number of benzene rings is 4. The Morgan fingerprint density at radius 2 is 1.46 bits per heavy atom. The molecule has 4 atom stereocenters. The SMILES string of the molecule is CC(=O)N(C1=C[C@H](c2ccccc2)[C@H]2C(=O)N(c3ccccc3)C(=O)[C@H]2S1)[C@@H](C)c1cccc2ccccc12. The van der Waals surface area contributed by atoms with Gasteiger partial charge in [0.05, 0.1) is 22.7 Å². The molecule has 0 aliphatic carbocycles. The minimum atomic E-state index is -0.635. The Morgan fingerprint density at radius 1 is 0.821 bits per heavy atom. The maximum atomic E-state index is 13.8. The van der Waals surface area contributed by atoms with Crippen LogP contribution in [0.2, 0.25) is 0 Å². The molecule has 0 unspecified atom stereocenters. The molecule has 1 fully saturated rings. The van der Waals surface area contributed by atoms with Crippen LogP contribution in [0.1, 0.15) is 36.9 Å². The highest BCUT2D eigenvalue weighted by Crippen LogP contribution is 2.51. The average molecular weight is 533 g/mol. The number of rotatable bonds is 5. The maximum absolute atomic E-state index is 13.8. The van der Waals surface area contributed by atoms with Crippen LogP contribution in [0.3, 0.4) is 0 Å². The topological polar surface area (TPSA) is 57.7 Å². The number of hydrogen-bond acceptors (Lipinski definition) is 4. The smallest absolute Gasteiger partial charge is 0.248 e. The van der Waals surface area contributed by atoms with Gasteiger partial charge in [0, 0.05) is 12.8 Å². The molecule has 0 radical (unpaired) electrons. The van der Waals surface area contributed by atoms with Crippen molar-refractivity contribution in [1.29, 1.82) is 0 Å². The van der Waals surface area contributed by atoms with Crippen molar-refractivity contribution in [3.05, 3.63) is 125 Å². The minimum Gasteiger partial charge on any atom is -0.300 e. The van der Waals surface area contributed by atoms with E-state index in [2.05, 4.69) is 24.3 Å². The van der Waals surface area contributed by atoms with Crippen molar-refractivity contribution in [1.82, 2.24) is 4.90 Å². The van der Waals surface area contributed by atoms with E-state index in [0.29, 0.717) is 10.7 Å². The molecule has 39 heavy (non-hydrogen) atoms. The summed E-state index contributed by atoms with van der Waals surface area (Å²) in [4.78, 5) is 44.0. The van der Waals surface area contributed by atoms with Gasteiger partial charge in [-0.3, -0.25) is 19.3 Å². The molecule has 4 aromatic carbocycles. The zero-order valence-electron chi connectivity index (χ0n) is 21.7. The standard InChI is InChI=1S/C33H28N2O3S/c1-21(26-19-11-15-23-14-9-10-18-27(23)26)34(22(2)36)29-20-28(24-12-5-3-6-13-24)30-31(39-29)33(38)35(32(30)37)25-16-7-4-8-17-25/h3-21,28,30-31H,1-2H3/t21-,28+,30+,31-/m0/s1. The van der Waals surface area contributed by atoms with Crippen LogP contribution in [0.15, 0.2) is 114 Å². The fourth-order valence-corrected chi connectivity index (χ4v) is 7.40. The lowest BCUT2D eigenvalue weighted by atomic mass is 9.84. The molecule has 0 spiro atoms. The predicted octanol–water partition coefficient (Wildman–Crippen LogP) is 6.68. The first-order valence-electron chi connectivity index (χ1n) is 13.1. The van der Waals surface area contributed by atoms with Gasteiger partial charge in [0.25, 0.3) is 0 Å². The average Bonchev–Trinajstić information content (AvgIpc) is 3.22. The zero-order valence-corrected chi connectivity index (χ0v) is 22.5. The molecule has 0 saturated carbocycles. The van der Waals surface area contributed by atoms with Gasteiger partial charge >= 0.3 is 0 Å². The van der Waals surface area contributed by atoms with Gasteiger partial charge in [0.1, 0.15) is 5.25 Å². The zero-order chi connectivity index (χ0) is 27.1. The van der Waals surface area contributed by atoms with E-state index in [4.69, 9.17) is 0 Å². The number of hydrogen-bond donors (Lipinski definition) is 0. The molecule has 2 heterocycles. The molecule has 2 aliphatic rings. The van der Waals surface area contributed by atoms with Crippen LogP contribution in [0.25, 0.3) is 10.8 Å². The second-order valence-electron chi connectivity index (χ2n) is 9.99. The monoisotopic (exact) mass is 532 g/mol. The Kier molecular flexibility index (Phi) is 6.57. The van der Waals surface area contributed by atoms with Crippen molar-refractivity contribution in [2.75, 3.05) is 4.90 Å². The first kappa shape index (κ1) is 25.1. The van der Waals surface area contributed by atoms with Gasteiger partial charge in [-0.1, -0.05) is 103 Å². The molecule has 194 valence electrons. The summed E-state index contributed by atoms with van der Waals surface area (Å²) in [6.07, 6.45) is 2.02. The number of thioether (sulfide) groups is 1. The highest BCUT2D eigenvalue weighted by Gasteiger charge is 2.54. The number of carbonyl (C=O) groups excluding carboxylic acids is 3. The molecule has 2 aliphatic heterocycles. The number of amides is 3. The number of imide groups is 1. The molecule has 0 aromatic heterocycles. The Bertz CT molecular complexity index is 1600. The lowest BCUT2D eigenvalue weighted by Gasteiger charge is -2.37. The van der Waals surface area contributed by atoms with Gasteiger partial charge in [0.15, 0.2) is 0 Å². The van der Waals surface area contributed by atoms with Crippen LogP contribution in [0.5, 0.6) is 0 Å². The van der Waals surface area contributed by atoms with E-state index < -0.39 is 11.2 Å². The number of fused-ring (bicyclic) bond motifs is 2. The van der Waals surface area contributed by atoms with E-state index in [1.165, 1.54) is 16.7 Å². The minimum absolute atomic E-state index is 0.115. The van der Waals surface area contributed by atoms with Crippen molar-refractivity contribution in [2.45, 2.75) is 31.1 Å². The molecule has 6 heteroatoms. The van der Waals surface area contributed by atoms with Crippen LogP contribution in [-0.2, 0) is 14.4 Å². The summed E-state index contributed by atoms with van der Waals surface area (Å²) in [6, 6.07) is 32.9. The van der Waals surface area contributed by atoms with E-state index in [1.54, 1.807) is 24.0 Å². The van der Waals surface area contributed by atoms with E-state index in [0.717, 1.165) is 21.9 Å².